The Balaban J connectivity index is 2.91. The Labute approximate surface area is 85.2 Å². The van der Waals surface area contributed by atoms with Gasteiger partial charge in [-0.2, -0.15) is 50.5 Å². The van der Waals surface area contributed by atoms with Crippen LogP contribution in [-0.4, -0.2) is 9.16 Å². The number of unbranched alkanes of at least 4 members (excludes halogenated alkanes) is 1. The van der Waals surface area contributed by atoms with Crippen molar-refractivity contribution < 1.29 is 0 Å². The van der Waals surface area contributed by atoms with E-state index < -0.39 is 0 Å². The van der Waals surface area contributed by atoms with E-state index in [0.717, 1.165) is 12.8 Å². The number of rotatable bonds is 5. The van der Waals surface area contributed by atoms with Crippen LogP contribution in [0.3, 0.4) is 0 Å². The van der Waals surface area contributed by atoms with Gasteiger partial charge in [0.25, 0.3) is 0 Å². The van der Waals surface area contributed by atoms with E-state index in [-0.39, 0.29) is 9.16 Å². The lowest BCUT2D eigenvalue weighted by Crippen LogP contribution is -1.90. The van der Waals surface area contributed by atoms with Gasteiger partial charge in [-0.25, -0.2) is 0 Å². The van der Waals surface area contributed by atoms with E-state index in [1.165, 1.54) is 12.8 Å². The maximum atomic E-state index is 4.15. The van der Waals surface area contributed by atoms with E-state index in [1.54, 1.807) is 0 Å². The summed E-state index contributed by atoms with van der Waals surface area (Å²) >= 11 is 16.6. The third kappa shape index (κ3) is 9.40. The molecule has 0 amide bonds. The molecule has 0 aliphatic heterocycles. The molecule has 0 nitrogen and oxygen atoms in total. The molecule has 0 aromatic heterocycles. The smallest absolute Gasteiger partial charge is 0.0442 e. The van der Waals surface area contributed by atoms with Crippen molar-refractivity contribution in [1.29, 1.82) is 0 Å². The van der Waals surface area contributed by atoms with Crippen molar-refractivity contribution in [3.8, 4) is 0 Å². The van der Waals surface area contributed by atoms with E-state index in [0.29, 0.717) is 0 Å². The fraction of sp³-hybridized carbons (Fsp3) is 1.00. The minimum absolute atomic E-state index is 0.235. The van der Waals surface area contributed by atoms with Crippen LogP contribution in [0.5, 0.6) is 0 Å². The fourth-order valence-corrected chi connectivity index (χ4v) is 1.38. The van der Waals surface area contributed by atoms with E-state index in [9.17, 15) is 0 Å². The highest BCUT2D eigenvalue weighted by Gasteiger charge is 1.97. The molecule has 0 unspecified atom stereocenters. The normalized spacial score (nSPS) is 11.4. The molecule has 0 aliphatic carbocycles. The van der Waals surface area contributed by atoms with Crippen LogP contribution in [0.25, 0.3) is 0 Å². The standard InChI is InChI=1S/C6H14S4/c7-5(8)3-1-2-4-6(9)10/h5-10H,1-4H2. The predicted molar refractivity (Wildman–Crippen MR) is 62.0 cm³/mol. The maximum Gasteiger partial charge on any atom is 0.0442 e. The highest BCUT2D eigenvalue weighted by Crippen LogP contribution is 2.15. The Bertz CT molecular complexity index is 62.1. The first kappa shape index (κ1) is 11.4. The average Bonchev–Trinajstić information content (AvgIpc) is 1.79. The Morgan fingerprint density at radius 1 is 0.700 bits per heavy atom. The van der Waals surface area contributed by atoms with Crippen molar-refractivity contribution in [2.24, 2.45) is 0 Å². The van der Waals surface area contributed by atoms with Gasteiger partial charge in [-0.05, 0) is 12.8 Å². The maximum absolute atomic E-state index is 4.15. The zero-order valence-corrected chi connectivity index (χ0v) is 9.35. The molecule has 0 N–H and O–H groups in total. The van der Waals surface area contributed by atoms with Crippen molar-refractivity contribution in [3.05, 3.63) is 0 Å². The Morgan fingerprint density at radius 3 is 1.20 bits per heavy atom. The summed E-state index contributed by atoms with van der Waals surface area (Å²) in [4.78, 5) is 0. The molecule has 0 saturated heterocycles. The van der Waals surface area contributed by atoms with E-state index in [1.807, 2.05) is 0 Å². The van der Waals surface area contributed by atoms with Gasteiger partial charge in [0.2, 0.25) is 0 Å². The van der Waals surface area contributed by atoms with Crippen LogP contribution in [0.4, 0.5) is 0 Å². The van der Waals surface area contributed by atoms with Crippen LogP contribution in [0, 0.1) is 0 Å². The summed E-state index contributed by atoms with van der Waals surface area (Å²) in [5.41, 5.74) is 0. The molecule has 0 aromatic rings. The van der Waals surface area contributed by atoms with Crippen LogP contribution < -0.4 is 0 Å². The number of hydrogen-bond donors (Lipinski definition) is 4. The largest absolute Gasteiger partial charge is 0.165 e. The molecule has 0 aliphatic rings. The summed E-state index contributed by atoms with van der Waals surface area (Å²) in [7, 11) is 0. The monoisotopic (exact) mass is 214 g/mol. The summed E-state index contributed by atoms with van der Waals surface area (Å²) < 4.78 is 0.469. The minimum Gasteiger partial charge on any atom is -0.165 e. The van der Waals surface area contributed by atoms with Gasteiger partial charge in [-0.3, -0.25) is 0 Å². The fourth-order valence-electron chi connectivity index (χ4n) is 0.654. The second-order valence-corrected chi connectivity index (χ2v) is 5.55. The summed E-state index contributed by atoms with van der Waals surface area (Å²) in [6, 6.07) is 0. The molecule has 62 valence electrons. The molecule has 0 saturated carbocycles. The van der Waals surface area contributed by atoms with Crippen molar-refractivity contribution in [1.82, 2.24) is 0 Å². The summed E-state index contributed by atoms with van der Waals surface area (Å²) in [6.45, 7) is 0. The van der Waals surface area contributed by atoms with Crippen molar-refractivity contribution in [2.75, 3.05) is 0 Å². The van der Waals surface area contributed by atoms with Crippen LogP contribution in [0.1, 0.15) is 25.7 Å². The molecular weight excluding hydrogens is 200 g/mol. The van der Waals surface area contributed by atoms with Gasteiger partial charge < -0.3 is 0 Å². The van der Waals surface area contributed by atoms with Crippen molar-refractivity contribution in [3.63, 3.8) is 0 Å². The molecule has 10 heavy (non-hydrogen) atoms. The van der Waals surface area contributed by atoms with Gasteiger partial charge in [0.05, 0.1) is 0 Å². The molecule has 0 aromatic carbocycles. The van der Waals surface area contributed by atoms with Crippen molar-refractivity contribution >= 4 is 50.5 Å². The lowest BCUT2D eigenvalue weighted by Gasteiger charge is -2.04. The molecule has 4 heteroatoms. The second-order valence-electron chi connectivity index (χ2n) is 2.25. The van der Waals surface area contributed by atoms with Crippen LogP contribution in [0.15, 0.2) is 0 Å². The van der Waals surface area contributed by atoms with Gasteiger partial charge >= 0.3 is 0 Å². The topological polar surface area (TPSA) is 0 Å². The molecule has 0 atom stereocenters. The average molecular weight is 214 g/mol. The Kier molecular flexibility index (Phi) is 8.06. The van der Waals surface area contributed by atoms with Gasteiger partial charge in [0.1, 0.15) is 0 Å². The SMILES string of the molecule is SC(S)CCCCC(S)S. The molecule has 0 spiro atoms. The molecular formula is C6H14S4. The first-order chi connectivity index (χ1) is 4.63. The molecule has 0 bridgehead atoms. The molecule has 0 heterocycles. The zero-order chi connectivity index (χ0) is 7.98. The second kappa shape index (κ2) is 7.07. The highest BCUT2D eigenvalue weighted by molar-refractivity contribution is 7.99. The number of thiol groups is 4. The first-order valence-electron chi connectivity index (χ1n) is 3.35. The Hall–Kier alpha value is 1.40. The zero-order valence-electron chi connectivity index (χ0n) is 5.77. The van der Waals surface area contributed by atoms with Crippen LogP contribution in [0.2, 0.25) is 0 Å². The lowest BCUT2D eigenvalue weighted by atomic mass is 10.2. The quantitative estimate of drug-likeness (QED) is 0.302. The Morgan fingerprint density at radius 2 is 1.00 bits per heavy atom. The van der Waals surface area contributed by atoms with E-state index >= 15 is 0 Å². The first-order valence-corrected chi connectivity index (χ1v) is 5.41. The lowest BCUT2D eigenvalue weighted by molar-refractivity contribution is 0.695. The number of hydrogen-bond acceptors (Lipinski definition) is 4. The van der Waals surface area contributed by atoms with Gasteiger partial charge in [0.15, 0.2) is 0 Å². The van der Waals surface area contributed by atoms with Gasteiger partial charge in [-0.15, -0.1) is 0 Å². The molecule has 0 radical (unpaired) electrons. The summed E-state index contributed by atoms with van der Waals surface area (Å²) in [5, 5.41) is 0. The minimum atomic E-state index is 0.235. The molecule has 0 rings (SSSR count). The van der Waals surface area contributed by atoms with Gasteiger partial charge in [-0.1, -0.05) is 12.8 Å². The van der Waals surface area contributed by atoms with E-state index in [4.69, 9.17) is 0 Å². The van der Waals surface area contributed by atoms with Crippen LogP contribution in [-0.2, 0) is 0 Å². The highest BCUT2D eigenvalue weighted by atomic mass is 32.2. The van der Waals surface area contributed by atoms with E-state index in [2.05, 4.69) is 50.5 Å². The van der Waals surface area contributed by atoms with Gasteiger partial charge in [0, 0.05) is 9.16 Å². The third-order valence-electron chi connectivity index (χ3n) is 1.17. The van der Waals surface area contributed by atoms with Crippen molar-refractivity contribution in [2.45, 2.75) is 34.8 Å². The predicted octanol–water partition coefficient (Wildman–Crippen LogP) is 2.92. The summed E-state index contributed by atoms with van der Waals surface area (Å²) in [5.74, 6) is 0. The van der Waals surface area contributed by atoms with Crippen LogP contribution >= 0.6 is 50.5 Å². The summed E-state index contributed by atoms with van der Waals surface area (Å²) in [6.07, 6.45) is 4.49. The molecule has 0 fully saturated rings. The third-order valence-corrected chi connectivity index (χ3v) is 2.21.